The van der Waals surface area contributed by atoms with Crippen molar-refractivity contribution in [1.82, 2.24) is 0 Å². The maximum atomic E-state index is 11.0. The largest absolute Gasteiger partial charge is 0.494 e. The molecular formula is C13H16O4. The lowest BCUT2D eigenvalue weighted by molar-refractivity contribution is -0.143. The number of ether oxygens (including phenoxy) is 2. The average molecular weight is 236 g/mol. The third-order valence-electron chi connectivity index (χ3n) is 2.12. The molecule has 0 amide bonds. The molecule has 0 aliphatic rings. The zero-order chi connectivity index (χ0) is 12.5. The summed E-state index contributed by atoms with van der Waals surface area (Å²) < 4.78 is 10.2. The number of benzene rings is 1. The molecular weight excluding hydrogens is 220 g/mol. The molecule has 0 radical (unpaired) electrons. The van der Waals surface area contributed by atoms with E-state index < -0.39 is 0 Å². The third-order valence-corrected chi connectivity index (χ3v) is 2.12. The van der Waals surface area contributed by atoms with Crippen molar-refractivity contribution in [3.05, 3.63) is 29.8 Å². The van der Waals surface area contributed by atoms with Gasteiger partial charge in [-0.05, 0) is 37.6 Å². The number of hydrogen-bond acceptors (Lipinski definition) is 4. The van der Waals surface area contributed by atoms with Gasteiger partial charge in [-0.1, -0.05) is 0 Å². The van der Waals surface area contributed by atoms with Crippen LogP contribution < -0.4 is 4.74 Å². The monoisotopic (exact) mass is 236 g/mol. The fourth-order valence-electron chi connectivity index (χ4n) is 1.28. The molecule has 0 heterocycles. The topological polar surface area (TPSA) is 52.6 Å². The quantitative estimate of drug-likeness (QED) is 0.414. The van der Waals surface area contributed by atoms with Crippen molar-refractivity contribution in [3.63, 3.8) is 0 Å². The van der Waals surface area contributed by atoms with Crippen molar-refractivity contribution in [2.75, 3.05) is 13.2 Å². The minimum atomic E-state index is -0.201. The Balaban J connectivity index is 2.21. The lowest BCUT2D eigenvalue weighted by Crippen LogP contribution is -2.06. The highest BCUT2D eigenvalue weighted by molar-refractivity contribution is 5.74. The van der Waals surface area contributed by atoms with Crippen LogP contribution in [0.2, 0.25) is 0 Å². The molecule has 0 saturated heterocycles. The van der Waals surface area contributed by atoms with E-state index in [1.807, 2.05) is 0 Å². The zero-order valence-corrected chi connectivity index (χ0v) is 9.85. The van der Waals surface area contributed by atoms with Gasteiger partial charge in [-0.2, -0.15) is 0 Å². The van der Waals surface area contributed by atoms with Crippen molar-refractivity contribution < 1.29 is 19.1 Å². The smallest absolute Gasteiger partial charge is 0.305 e. The summed E-state index contributed by atoms with van der Waals surface area (Å²) in [6.45, 7) is 2.65. The van der Waals surface area contributed by atoms with Crippen molar-refractivity contribution in [3.8, 4) is 5.75 Å². The highest BCUT2D eigenvalue weighted by atomic mass is 16.5. The molecule has 0 atom stereocenters. The first-order chi connectivity index (χ1) is 8.26. The van der Waals surface area contributed by atoms with E-state index in [0.717, 1.165) is 6.29 Å². The SMILES string of the molecule is CCOC(=O)CCCOc1ccc(C=O)cc1. The second kappa shape index (κ2) is 7.44. The maximum absolute atomic E-state index is 11.0. The van der Waals surface area contributed by atoms with Gasteiger partial charge in [0.15, 0.2) is 0 Å². The first-order valence-electron chi connectivity index (χ1n) is 5.60. The predicted molar refractivity (Wildman–Crippen MR) is 63.2 cm³/mol. The van der Waals surface area contributed by atoms with E-state index in [2.05, 4.69) is 0 Å². The fourth-order valence-corrected chi connectivity index (χ4v) is 1.28. The predicted octanol–water partition coefficient (Wildman–Crippen LogP) is 2.22. The molecule has 4 heteroatoms. The molecule has 0 spiro atoms. The Morgan fingerprint density at radius 2 is 2.00 bits per heavy atom. The molecule has 0 unspecified atom stereocenters. The van der Waals surface area contributed by atoms with E-state index >= 15 is 0 Å². The van der Waals surface area contributed by atoms with Crippen LogP contribution >= 0.6 is 0 Å². The molecule has 0 aliphatic carbocycles. The molecule has 1 rings (SSSR count). The van der Waals surface area contributed by atoms with Crippen LogP contribution in [-0.4, -0.2) is 25.5 Å². The van der Waals surface area contributed by atoms with Crippen molar-refractivity contribution >= 4 is 12.3 Å². The van der Waals surface area contributed by atoms with Gasteiger partial charge in [-0.15, -0.1) is 0 Å². The standard InChI is InChI=1S/C13H16O4/c1-2-16-13(15)4-3-9-17-12-7-5-11(10-14)6-8-12/h5-8,10H,2-4,9H2,1H3. The highest BCUT2D eigenvalue weighted by Gasteiger charge is 2.01. The number of hydrogen-bond donors (Lipinski definition) is 0. The Labute approximate surface area is 101 Å². The van der Waals surface area contributed by atoms with Gasteiger partial charge in [-0.3, -0.25) is 9.59 Å². The third kappa shape index (κ3) is 5.15. The summed E-state index contributed by atoms with van der Waals surface area (Å²) in [6, 6.07) is 6.84. The van der Waals surface area contributed by atoms with Gasteiger partial charge in [0.05, 0.1) is 13.2 Å². The minimum Gasteiger partial charge on any atom is -0.494 e. The number of aldehydes is 1. The van der Waals surface area contributed by atoms with Gasteiger partial charge in [-0.25, -0.2) is 0 Å². The maximum Gasteiger partial charge on any atom is 0.305 e. The average Bonchev–Trinajstić information content (AvgIpc) is 2.36. The normalized spacial score (nSPS) is 9.71. The lowest BCUT2D eigenvalue weighted by Gasteiger charge is -2.05. The van der Waals surface area contributed by atoms with Crippen LogP contribution in [0.3, 0.4) is 0 Å². The van der Waals surface area contributed by atoms with Crippen molar-refractivity contribution in [2.24, 2.45) is 0 Å². The van der Waals surface area contributed by atoms with Crippen molar-refractivity contribution in [2.45, 2.75) is 19.8 Å². The molecule has 1 aromatic carbocycles. The molecule has 17 heavy (non-hydrogen) atoms. The molecule has 0 aliphatic heterocycles. The molecule has 0 fully saturated rings. The fraction of sp³-hybridized carbons (Fsp3) is 0.385. The first-order valence-corrected chi connectivity index (χ1v) is 5.60. The van der Waals surface area contributed by atoms with E-state index in [0.29, 0.717) is 37.4 Å². The van der Waals surface area contributed by atoms with Gasteiger partial charge >= 0.3 is 5.97 Å². The molecule has 0 N–H and O–H groups in total. The van der Waals surface area contributed by atoms with Gasteiger partial charge in [0, 0.05) is 12.0 Å². The number of carbonyl (C=O) groups excluding carboxylic acids is 2. The minimum absolute atomic E-state index is 0.201. The van der Waals surface area contributed by atoms with E-state index in [1.165, 1.54) is 0 Å². The summed E-state index contributed by atoms with van der Waals surface area (Å²) in [7, 11) is 0. The van der Waals surface area contributed by atoms with E-state index in [-0.39, 0.29) is 5.97 Å². The van der Waals surface area contributed by atoms with Crippen molar-refractivity contribution in [1.29, 1.82) is 0 Å². The van der Waals surface area contributed by atoms with E-state index in [1.54, 1.807) is 31.2 Å². The Morgan fingerprint density at radius 3 is 2.59 bits per heavy atom. The van der Waals surface area contributed by atoms with Gasteiger partial charge < -0.3 is 9.47 Å². The van der Waals surface area contributed by atoms with Crippen LogP contribution in [0.5, 0.6) is 5.75 Å². The highest BCUT2D eigenvalue weighted by Crippen LogP contribution is 2.11. The molecule has 4 nitrogen and oxygen atoms in total. The molecule has 0 aromatic heterocycles. The first kappa shape index (κ1) is 13.2. The Kier molecular flexibility index (Phi) is 5.79. The second-order valence-electron chi connectivity index (χ2n) is 3.44. The molecule has 0 saturated carbocycles. The number of esters is 1. The summed E-state index contributed by atoms with van der Waals surface area (Å²) in [5.41, 5.74) is 0.615. The van der Waals surface area contributed by atoms with Gasteiger partial charge in [0.25, 0.3) is 0 Å². The van der Waals surface area contributed by atoms with Gasteiger partial charge in [0.1, 0.15) is 12.0 Å². The van der Waals surface area contributed by atoms with E-state index in [4.69, 9.17) is 9.47 Å². The Bertz CT molecular complexity index is 356. The van der Waals surface area contributed by atoms with Crippen LogP contribution in [0.15, 0.2) is 24.3 Å². The number of carbonyl (C=O) groups is 2. The van der Waals surface area contributed by atoms with Crippen LogP contribution in [0.1, 0.15) is 30.1 Å². The van der Waals surface area contributed by atoms with Crippen LogP contribution in [0, 0.1) is 0 Å². The summed E-state index contributed by atoms with van der Waals surface area (Å²) in [5, 5.41) is 0. The van der Waals surface area contributed by atoms with Crippen LogP contribution in [-0.2, 0) is 9.53 Å². The molecule has 0 bridgehead atoms. The van der Waals surface area contributed by atoms with Gasteiger partial charge in [0.2, 0.25) is 0 Å². The Hall–Kier alpha value is -1.84. The second-order valence-corrected chi connectivity index (χ2v) is 3.44. The summed E-state index contributed by atoms with van der Waals surface area (Å²) in [4.78, 5) is 21.4. The summed E-state index contributed by atoms with van der Waals surface area (Å²) in [6.07, 6.45) is 1.76. The lowest BCUT2D eigenvalue weighted by atomic mass is 10.2. The zero-order valence-electron chi connectivity index (χ0n) is 9.85. The van der Waals surface area contributed by atoms with Crippen LogP contribution in [0.25, 0.3) is 0 Å². The summed E-state index contributed by atoms with van der Waals surface area (Å²) >= 11 is 0. The van der Waals surface area contributed by atoms with E-state index in [9.17, 15) is 9.59 Å². The van der Waals surface area contributed by atoms with Crippen LogP contribution in [0.4, 0.5) is 0 Å². The Morgan fingerprint density at radius 1 is 1.29 bits per heavy atom. The molecule has 92 valence electrons. The molecule has 1 aromatic rings. The number of rotatable bonds is 7. The summed E-state index contributed by atoms with van der Waals surface area (Å²) in [5.74, 6) is 0.492.